The molecule has 0 aliphatic heterocycles. The van der Waals surface area contributed by atoms with Crippen LogP contribution in [0, 0.1) is 0 Å². The summed E-state index contributed by atoms with van der Waals surface area (Å²) in [6, 6.07) is 8.64. The van der Waals surface area contributed by atoms with E-state index in [0.29, 0.717) is 5.56 Å². The molecular formula is C10H9NiO2. The van der Waals surface area contributed by atoms with Crippen molar-refractivity contribution in [3.63, 3.8) is 0 Å². The Labute approximate surface area is 84.7 Å². The van der Waals surface area contributed by atoms with Crippen LogP contribution >= 0.6 is 0 Å². The second kappa shape index (κ2) is 4.34. The molecule has 0 spiro atoms. The maximum absolute atomic E-state index is 11.5. The molecule has 0 aromatic heterocycles. The third-order valence-corrected chi connectivity index (χ3v) is 2.26. The van der Waals surface area contributed by atoms with Gasteiger partial charge in [0.1, 0.15) is 0 Å². The molecular weight excluding hydrogens is 211 g/mol. The Hall–Kier alpha value is -0.946. The third-order valence-electron chi connectivity index (χ3n) is 1.60. The van der Waals surface area contributed by atoms with Gasteiger partial charge in [0, 0.05) is 0 Å². The van der Waals surface area contributed by atoms with Crippen molar-refractivity contribution in [2.45, 2.75) is 11.8 Å². The van der Waals surface area contributed by atoms with Crippen molar-refractivity contribution in [2.24, 2.45) is 0 Å². The van der Waals surface area contributed by atoms with Crippen LogP contribution in [0.1, 0.15) is 17.3 Å². The van der Waals surface area contributed by atoms with Crippen molar-refractivity contribution in [1.29, 1.82) is 0 Å². The molecule has 2 nitrogen and oxygen atoms in total. The molecule has 1 rings (SSSR count). The number of carbonyl (C=O) groups excluding carboxylic acids is 2. The van der Waals surface area contributed by atoms with Crippen LogP contribution in [0.5, 0.6) is 0 Å². The van der Waals surface area contributed by atoms with Gasteiger partial charge in [-0.1, -0.05) is 0 Å². The van der Waals surface area contributed by atoms with E-state index in [1.54, 1.807) is 24.3 Å². The van der Waals surface area contributed by atoms with E-state index in [1.807, 2.05) is 6.07 Å². The van der Waals surface area contributed by atoms with Gasteiger partial charge >= 0.3 is 84.3 Å². The first-order valence-electron chi connectivity index (χ1n) is 3.83. The van der Waals surface area contributed by atoms with E-state index >= 15 is 0 Å². The van der Waals surface area contributed by atoms with Gasteiger partial charge in [-0.05, 0) is 0 Å². The van der Waals surface area contributed by atoms with E-state index in [1.165, 1.54) is 6.92 Å². The van der Waals surface area contributed by atoms with E-state index in [2.05, 4.69) is 15.5 Å². The summed E-state index contributed by atoms with van der Waals surface area (Å²) < 4.78 is 0. The molecule has 1 unspecified atom stereocenters. The Morgan fingerprint density at radius 2 is 1.77 bits per heavy atom. The van der Waals surface area contributed by atoms with Crippen molar-refractivity contribution in [3.8, 4) is 0 Å². The molecule has 0 fully saturated rings. The number of ketones is 2. The standard InChI is InChI=1S/C10H9O2.Ni/c1-8(11)7-10(12)9-5-3-2-4-6-9;/h2-7H,1H3;. The predicted octanol–water partition coefficient (Wildman–Crippen LogP) is 1.79. The number of hydrogen-bond donors (Lipinski definition) is 0. The SMILES string of the molecule is CC(=O)[CH]([Ni])C(=O)c1ccccc1. The van der Waals surface area contributed by atoms with Crippen LogP contribution < -0.4 is 0 Å². The summed E-state index contributed by atoms with van der Waals surface area (Å²) in [7, 11) is 0. The van der Waals surface area contributed by atoms with E-state index < -0.39 is 4.89 Å². The van der Waals surface area contributed by atoms with Gasteiger partial charge in [-0.25, -0.2) is 0 Å². The average molecular weight is 220 g/mol. The molecule has 0 saturated heterocycles. The van der Waals surface area contributed by atoms with Gasteiger partial charge < -0.3 is 0 Å². The number of Topliss-reactive ketones (excluding diaryl/α,β-unsaturated/α-hetero) is 2. The van der Waals surface area contributed by atoms with Crippen molar-refractivity contribution in [1.82, 2.24) is 0 Å². The van der Waals surface area contributed by atoms with Crippen molar-refractivity contribution in [2.75, 3.05) is 0 Å². The van der Waals surface area contributed by atoms with Crippen LogP contribution in [0.15, 0.2) is 30.3 Å². The van der Waals surface area contributed by atoms with Crippen molar-refractivity contribution in [3.05, 3.63) is 35.9 Å². The van der Waals surface area contributed by atoms with Crippen LogP contribution in [0.2, 0.25) is 4.89 Å². The summed E-state index contributed by atoms with van der Waals surface area (Å²) in [5.74, 6) is -0.526. The Bertz CT molecular complexity index is 319. The van der Waals surface area contributed by atoms with Crippen LogP contribution in [0.25, 0.3) is 0 Å². The Morgan fingerprint density at radius 1 is 1.23 bits per heavy atom. The van der Waals surface area contributed by atoms with Crippen LogP contribution in [0.4, 0.5) is 0 Å². The van der Waals surface area contributed by atoms with Crippen LogP contribution in [-0.2, 0) is 20.3 Å². The van der Waals surface area contributed by atoms with Crippen LogP contribution in [0.3, 0.4) is 0 Å². The zero-order chi connectivity index (χ0) is 9.84. The first kappa shape index (κ1) is 10.1. The molecule has 0 N–H and O–H groups in total. The second-order valence-electron chi connectivity index (χ2n) is 2.67. The molecule has 13 heavy (non-hydrogen) atoms. The van der Waals surface area contributed by atoms with Gasteiger partial charge in [-0.2, -0.15) is 0 Å². The van der Waals surface area contributed by atoms with E-state index in [-0.39, 0.29) is 11.6 Å². The second-order valence-corrected chi connectivity index (χ2v) is 3.24. The Balaban J connectivity index is 2.86. The molecule has 0 radical (unpaired) electrons. The summed E-state index contributed by atoms with van der Waals surface area (Å²) in [5.41, 5.74) is 0.508. The summed E-state index contributed by atoms with van der Waals surface area (Å²) in [6.45, 7) is 1.34. The van der Waals surface area contributed by atoms with Gasteiger partial charge in [-0.15, -0.1) is 0 Å². The average Bonchev–Trinajstić information content (AvgIpc) is 2.17. The minimum absolute atomic E-state index is 0.256. The van der Waals surface area contributed by atoms with E-state index in [0.717, 1.165) is 0 Å². The quantitative estimate of drug-likeness (QED) is 0.442. The number of benzene rings is 1. The Kier molecular flexibility index (Phi) is 3.38. The van der Waals surface area contributed by atoms with Crippen molar-refractivity contribution >= 4 is 11.6 Å². The van der Waals surface area contributed by atoms with E-state index in [9.17, 15) is 9.59 Å². The Morgan fingerprint density at radius 3 is 2.23 bits per heavy atom. The number of carbonyl (C=O) groups is 2. The van der Waals surface area contributed by atoms with Crippen LogP contribution in [-0.4, -0.2) is 11.6 Å². The molecule has 0 saturated carbocycles. The van der Waals surface area contributed by atoms with Gasteiger partial charge in [-0.3, -0.25) is 0 Å². The molecule has 0 heterocycles. The molecule has 0 bridgehead atoms. The van der Waals surface area contributed by atoms with Crippen molar-refractivity contribution < 1.29 is 25.1 Å². The first-order chi connectivity index (χ1) is 6.13. The summed E-state index contributed by atoms with van der Waals surface area (Å²) >= 11 is 4.45. The summed E-state index contributed by atoms with van der Waals surface area (Å²) in [4.78, 5) is 21.4. The van der Waals surface area contributed by atoms with Gasteiger partial charge in [0.05, 0.1) is 0 Å². The minimum atomic E-state index is -0.901. The fraction of sp³-hybridized carbons (Fsp3) is 0.200. The first-order valence-corrected chi connectivity index (χ1v) is 4.40. The van der Waals surface area contributed by atoms with E-state index in [4.69, 9.17) is 0 Å². The third kappa shape index (κ3) is 2.50. The normalized spacial score (nSPS) is 12.2. The molecule has 0 aliphatic carbocycles. The number of rotatable bonds is 3. The summed E-state index contributed by atoms with van der Waals surface area (Å²) in [6.07, 6.45) is 0. The number of hydrogen-bond acceptors (Lipinski definition) is 2. The monoisotopic (exact) mass is 219 g/mol. The molecule has 71 valence electrons. The molecule has 3 heteroatoms. The zero-order valence-electron chi connectivity index (χ0n) is 7.10. The van der Waals surface area contributed by atoms with Gasteiger partial charge in [0.2, 0.25) is 0 Å². The summed E-state index contributed by atoms with van der Waals surface area (Å²) in [5, 5.41) is 0. The molecule has 0 aliphatic rings. The molecule has 0 amide bonds. The van der Waals surface area contributed by atoms with Gasteiger partial charge in [0.25, 0.3) is 0 Å². The maximum atomic E-state index is 11.5. The molecule has 1 atom stereocenters. The molecule has 1 aromatic rings. The molecule has 1 aromatic carbocycles. The predicted molar refractivity (Wildman–Crippen MR) is 45.2 cm³/mol. The van der Waals surface area contributed by atoms with Gasteiger partial charge in [0.15, 0.2) is 0 Å². The zero-order valence-corrected chi connectivity index (χ0v) is 8.08. The fourth-order valence-electron chi connectivity index (χ4n) is 0.923. The topological polar surface area (TPSA) is 34.1 Å². The fourth-order valence-corrected chi connectivity index (χ4v) is 1.09.